The zero-order chi connectivity index (χ0) is 34.0. The highest BCUT2D eigenvalue weighted by molar-refractivity contribution is 5.95. The molecule has 1 spiro atoms. The van der Waals surface area contributed by atoms with Gasteiger partial charge in [-0.1, -0.05) is 57.0 Å². The highest BCUT2D eigenvalue weighted by Crippen LogP contribution is 2.39. The SMILES string of the molecule is CCC(CC)CN1CCC2(CCN(C3CCN(C(=O)c4cc(C(F)(F)F)cc(C(F)(F)F)c4)[C@H](Cc4ccccc4)C3)CC2)OC1=O. The number of carbonyl (C=O) groups is 2. The Morgan fingerprint density at radius 1 is 0.894 bits per heavy atom. The molecule has 258 valence electrons. The second kappa shape index (κ2) is 14.1. The second-order valence-electron chi connectivity index (χ2n) is 13.3. The van der Waals surface area contributed by atoms with Crippen LogP contribution in [0.15, 0.2) is 48.5 Å². The van der Waals surface area contributed by atoms with Gasteiger partial charge in [-0.25, -0.2) is 4.79 Å². The van der Waals surface area contributed by atoms with E-state index < -0.39 is 46.6 Å². The Morgan fingerprint density at radius 3 is 2.04 bits per heavy atom. The predicted octanol–water partition coefficient (Wildman–Crippen LogP) is 8.05. The van der Waals surface area contributed by atoms with E-state index in [1.807, 2.05) is 35.2 Å². The molecule has 2 amide bonds. The van der Waals surface area contributed by atoms with Crippen LogP contribution in [0.5, 0.6) is 0 Å². The number of benzene rings is 2. The zero-order valence-electron chi connectivity index (χ0n) is 26.9. The number of amides is 2. The van der Waals surface area contributed by atoms with Crippen molar-refractivity contribution in [2.24, 2.45) is 5.92 Å². The fourth-order valence-corrected chi connectivity index (χ4v) is 7.36. The lowest BCUT2D eigenvalue weighted by molar-refractivity contribution is -0.143. The van der Waals surface area contributed by atoms with E-state index in [9.17, 15) is 35.9 Å². The summed E-state index contributed by atoms with van der Waals surface area (Å²) in [6.45, 7) is 7.20. The molecule has 0 N–H and O–H groups in total. The van der Waals surface area contributed by atoms with Gasteiger partial charge in [0.15, 0.2) is 0 Å². The van der Waals surface area contributed by atoms with Crippen molar-refractivity contribution in [1.82, 2.24) is 14.7 Å². The van der Waals surface area contributed by atoms with E-state index in [1.165, 1.54) is 4.90 Å². The summed E-state index contributed by atoms with van der Waals surface area (Å²) in [7, 11) is 0. The van der Waals surface area contributed by atoms with E-state index in [0.29, 0.717) is 76.3 Å². The van der Waals surface area contributed by atoms with Gasteiger partial charge >= 0.3 is 18.4 Å². The Balaban J connectivity index is 1.30. The van der Waals surface area contributed by atoms with Crippen LogP contribution in [0.4, 0.5) is 31.1 Å². The van der Waals surface area contributed by atoms with Crippen molar-refractivity contribution in [2.75, 3.05) is 32.7 Å². The van der Waals surface area contributed by atoms with Gasteiger partial charge in [-0.05, 0) is 48.9 Å². The topological polar surface area (TPSA) is 53.1 Å². The molecule has 12 heteroatoms. The molecule has 3 fully saturated rings. The lowest BCUT2D eigenvalue weighted by Gasteiger charge is -2.50. The predicted molar refractivity (Wildman–Crippen MR) is 165 cm³/mol. The molecule has 1 unspecified atom stereocenters. The van der Waals surface area contributed by atoms with Crippen molar-refractivity contribution in [3.8, 4) is 0 Å². The Kier molecular flexibility index (Phi) is 10.5. The molecule has 3 aliphatic heterocycles. The molecule has 3 heterocycles. The minimum absolute atomic E-state index is 0.0435. The first-order valence-corrected chi connectivity index (χ1v) is 16.6. The molecule has 2 aromatic rings. The molecule has 3 saturated heterocycles. The van der Waals surface area contributed by atoms with E-state index in [2.05, 4.69) is 18.7 Å². The average Bonchev–Trinajstić information content (AvgIpc) is 3.04. The van der Waals surface area contributed by atoms with Crippen molar-refractivity contribution in [1.29, 1.82) is 0 Å². The van der Waals surface area contributed by atoms with E-state index in [1.54, 1.807) is 0 Å². The Hall–Kier alpha value is -3.28. The second-order valence-corrected chi connectivity index (χ2v) is 13.3. The van der Waals surface area contributed by atoms with E-state index in [4.69, 9.17) is 4.74 Å². The van der Waals surface area contributed by atoms with Gasteiger partial charge in [-0.3, -0.25) is 9.69 Å². The van der Waals surface area contributed by atoms with Crippen LogP contribution in [0.25, 0.3) is 0 Å². The average molecular weight is 668 g/mol. The van der Waals surface area contributed by atoms with Crippen LogP contribution in [0.2, 0.25) is 0 Å². The summed E-state index contributed by atoms with van der Waals surface area (Å²) in [5.41, 5.74) is -3.22. The van der Waals surface area contributed by atoms with Gasteiger partial charge in [0.1, 0.15) is 5.60 Å². The fourth-order valence-electron chi connectivity index (χ4n) is 7.36. The maximum absolute atomic E-state index is 13.7. The molecule has 2 aromatic carbocycles. The number of alkyl halides is 6. The van der Waals surface area contributed by atoms with Gasteiger partial charge in [0.25, 0.3) is 5.91 Å². The maximum atomic E-state index is 13.7. The molecule has 6 nitrogen and oxygen atoms in total. The number of likely N-dealkylation sites (tertiary alicyclic amines) is 2. The summed E-state index contributed by atoms with van der Waals surface area (Å²) in [6, 6.07) is 10.1. The molecule has 0 radical (unpaired) electrons. The quantitative estimate of drug-likeness (QED) is 0.268. The summed E-state index contributed by atoms with van der Waals surface area (Å²) in [6.07, 6.45) is -4.74. The highest BCUT2D eigenvalue weighted by atomic mass is 19.4. The van der Waals surface area contributed by atoms with Crippen LogP contribution < -0.4 is 0 Å². The first-order chi connectivity index (χ1) is 22.2. The third-order valence-corrected chi connectivity index (χ3v) is 10.4. The molecule has 2 atom stereocenters. The molecular formula is C35H43F6N3O3. The Labute approximate surface area is 272 Å². The molecule has 47 heavy (non-hydrogen) atoms. The third-order valence-electron chi connectivity index (χ3n) is 10.4. The van der Waals surface area contributed by atoms with Crippen LogP contribution >= 0.6 is 0 Å². The first-order valence-electron chi connectivity index (χ1n) is 16.6. The maximum Gasteiger partial charge on any atom is 0.416 e. The van der Waals surface area contributed by atoms with Crippen LogP contribution in [0, 0.1) is 5.92 Å². The standard InChI is InChI=1S/C35H43F6N3O3/c1-3-24(4-2)23-43-17-13-33(47-32(43)46)11-15-42(16-12-33)29-10-14-44(30(22-29)18-25-8-6-5-7-9-25)31(45)26-19-27(34(36,37)38)21-28(20-26)35(39,40)41/h5-9,19-21,24,29-30H,3-4,10-18,22-23H2,1-2H3/t29?,30-/m1/s1. The van der Waals surface area contributed by atoms with Crippen molar-refractivity contribution in [3.63, 3.8) is 0 Å². The van der Waals surface area contributed by atoms with Crippen LogP contribution in [0.1, 0.15) is 85.8 Å². The minimum atomic E-state index is -5.04. The highest BCUT2D eigenvalue weighted by Gasteiger charge is 2.45. The summed E-state index contributed by atoms with van der Waals surface area (Å²) in [4.78, 5) is 32.3. The van der Waals surface area contributed by atoms with E-state index in [0.717, 1.165) is 24.8 Å². The number of carbonyl (C=O) groups excluding carboxylic acids is 2. The van der Waals surface area contributed by atoms with Gasteiger partial charge in [0.05, 0.1) is 11.1 Å². The molecular weight excluding hydrogens is 624 g/mol. The normalized spacial score (nSPS) is 22.5. The van der Waals surface area contributed by atoms with Crippen LogP contribution in [-0.2, 0) is 23.5 Å². The van der Waals surface area contributed by atoms with Gasteiger partial charge in [0, 0.05) is 69.6 Å². The van der Waals surface area contributed by atoms with Gasteiger partial charge in [-0.2, -0.15) is 26.3 Å². The summed E-state index contributed by atoms with van der Waals surface area (Å²) in [5, 5.41) is 0. The van der Waals surface area contributed by atoms with Gasteiger partial charge in [-0.15, -0.1) is 0 Å². The zero-order valence-corrected chi connectivity index (χ0v) is 26.9. The number of ether oxygens (including phenoxy) is 1. The molecule has 0 bridgehead atoms. The Bertz CT molecular complexity index is 1350. The summed E-state index contributed by atoms with van der Waals surface area (Å²) < 4.78 is 87.6. The molecule has 0 aliphatic carbocycles. The summed E-state index contributed by atoms with van der Waals surface area (Å²) in [5.74, 6) is -0.397. The van der Waals surface area contributed by atoms with E-state index in [-0.39, 0.29) is 24.7 Å². The molecule has 3 aliphatic rings. The van der Waals surface area contributed by atoms with Gasteiger partial charge < -0.3 is 14.5 Å². The van der Waals surface area contributed by atoms with Crippen molar-refractivity contribution < 1.29 is 40.7 Å². The Morgan fingerprint density at radius 2 is 1.49 bits per heavy atom. The number of piperidine rings is 2. The van der Waals surface area contributed by atoms with E-state index >= 15 is 0 Å². The lowest BCUT2D eigenvalue weighted by Crippen LogP contribution is -2.58. The first kappa shape index (κ1) is 35.0. The largest absolute Gasteiger partial charge is 0.443 e. The number of nitrogens with zero attached hydrogens (tertiary/aromatic N) is 3. The van der Waals surface area contributed by atoms with Crippen molar-refractivity contribution in [2.45, 2.75) is 95.3 Å². The molecule has 5 rings (SSSR count). The van der Waals surface area contributed by atoms with Crippen LogP contribution in [0.3, 0.4) is 0 Å². The third kappa shape index (κ3) is 8.24. The van der Waals surface area contributed by atoms with Crippen molar-refractivity contribution in [3.05, 3.63) is 70.8 Å². The van der Waals surface area contributed by atoms with Gasteiger partial charge in [0.2, 0.25) is 0 Å². The van der Waals surface area contributed by atoms with Crippen molar-refractivity contribution >= 4 is 12.0 Å². The fraction of sp³-hybridized carbons (Fsp3) is 0.600. The minimum Gasteiger partial charge on any atom is -0.443 e. The molecule has 0 aromatic heterocycles. The smallest absolute Gasteiger partial charge is 0.416 e. The number of hydrogen-bond acceptors (Lipinski definition) is 4. The lowest BCUT2D eigenvalue weighted by atomic mass is 9.84. The number of hydrogen-bond donors (Lipinski definition) is 0. The number of rotatable bonds is 8. The monoisotopic (exact) mass is 667 g/mol. The van der Waals surface area contributed by atoms with Crippen LogP contribution in [-0.4, -0.2) is 77.1 Å². The number of halogens is 6. The summed E-state index contributed by atoms with van der Waals surface area (Å²) >= 11 is 0. The molecule has 0 saturated carbocycles.